The van der Waals surface area contributed by atoms with Crippen molar-refractivity contribution >= 4 is 0 Å². The second-order valence-electron chi connectivity index (χ2n) is 5.04. The number of hydrogen-bond acceptors (Lipinski definition) is 3. The molecule has 1 saturated carbocycles. The number of aromatic amines is 1. The fourth-order valence-electron chi connectivity index (χ4n) is 2.23. The number of halogens is 1. The van der Waals surface area contributed by atoms with E-state index in [2.05, 4.69) is 15.3 Å². The molecule has 0 unspecified atom stereocenters. The summed E-state index contributed by atoms with van der Waals surface area (Å²) in [6, 6.07) is 5.49. The van der Waals surface area contributed by atoms with E-state index >= 15 is 0 Å². The molecule has 5 heteroatoms. The number of nitrogens with one attached hydrogen (secondary N) is 2. The summed E-state index contributed by atoms with van der Waals surface area (Å²) in [7, 11) is 1.54. The first-order valence-corrected chi connectivity index (χ1v) is 6.88. The standard InChI is InChI=1S/C15H18FN3O/c1-20-13-4-2-3-11(16)15(13)12-9-18-14(19-12)7-8-17-10-5-6-10/h2-4,9-10,17H,5-8H2,1H3,(H,18,19). The number of nitrogens with zero attached hydrogens (tertiary/aromatic N) is 1. The largest absolute Gasteiger partial charge is 0.496 e. The van der Waals surface area contributed by atoms with E-state index in [1.165, 1.54) is 26.0 Å². The maximum Gasteiger partial charge on any atom is 0.136 e. The van der Waals surface area contributed by atoms with Gasteiger partial charge in [0.1, 0.15) is 17.4 Å². The number of methoxy groups -OCH3 is 1. The molecular formula is C15H18FN3O. The van der Waals surface area contributed by atoms with Gasteiger partial charge in [-0.25, -0.2) is 9.37 Å². The number of rotatable bonds is 6. The highest BCUT2D eigenvalue weighted by Crippen LogP contribution is 2.31. The molecule has 0 atom stereocenters. The van der Waals surface area contributed by atoms with Gasteiger partial charge in [0.25, 0.3) is 0 Å². The zero-order valence-electron chi connectivity index (χ0n) is 11.4. The van der Waals surface area contributed by atoms with E-state index < -0.39 is 0 Å². The minimum Gasteiger partial charge on any atom is -0.496 e. The third-order valence-electron chi connectivity index (χ3n) is 3.47. The molecule has 1 fully saturated rings. The van der Waals surface area contributed by atoms with Gasteiger partial charge in [-0.1, -0.05) is 6.07 Å². The summed E-state index contributed by atoms with van der Waals surface area (Å²) in [5.74, 6) is 1.06. The molecule has 0 bridgehead atoms. The maximum absolute atomic E-state index is 14.0. The predicted molar refractivity (Wildman–Crippen MR) is 75.3 cm³/mol. The quantitative estimate of drug-likeness (QED) is 0.851. The van der Waals surface area contributed by atoms with Crippen molar-refractivity contribution in [2.45, 2.75) is 25.3 Å². The highest BCUT2D eigenvalue weighted by molar-refractivity contribution is 5.67. The topological polar surface area (TPSA) is 49.9 Å². The predicted octanol–water partition coefficient (Wildman–Crippen LogP) is 2.52. The van der Waals surface area contributed by atoms with E-state index in [1.807, 2.05) is 0 Å². The molecule has 0 spiro atoms. The zero-order chi connectivity index (χ0) is 13.9. The molecular weight excluding hydrogens is 257 g/mol. The third-order valence-corrected chi connectivity index (χ3v) is 3.47. The minimum atomic E-state index is -0.310. The van der Waals surface area contributed by atoms with Crippen molar-refractivity contribution in [1.82, 2.24) is 15.3 Å². The van der Waals surface area contributed by atoms with Gasteiger partial charge < -0.3 is 15.0 Å². The molecule has 0 amide bonds. The molecule has 106 valence electrons. The summed E-state index contributed by atoms with van der Waals surface area (Å²) in [4.78, 5) is 7.48. The molecule has 20 heavy (non-hydrogen) atoms. The molecule has 1 aliphatic rings. The number of H-pyrrole nitrogens is 1. The molecule has 0 aliphatic heterocycles. The second kappa shape index (κ2) is 5.63. The van der Waals surface area contributed by atoms with Crippen LogP contribution in [0.15, 0.2) is 24.4 Å². The highest BCUT2D eigenvalue weighted by Gasteiger charge is 2.20. The first kappa shape index (κ1) is 13.1. The third kappa shape index (κ3) is 2.82. The van der Waals surface area contributed by atoms with Crippen molar-refractivity contribution in [3.8, 4) is 17.0 Å². The SMILES string of the molecule is COc1cccc(F)c1-c1cnc(CCNC2CC2)[nH]1. The number of imidazole rings is 1. The zero-order valence-corrected chi connectivity index (χ0v) is 11.4. The normalized spacial score (nSPS) is 14.5. The van der Waals surface area contributed by atoms with Gasteiger partial charge in [0, 0.05) is 19.0 Å². The van der Waals surface area contributed by atoms with E-state index in [9.17, 15) is 4.39 Å². The van der Waals surface area contributed by atoms with Gasteiger partial charge in [0.2, 0.25) is 0 Å². The van der Waals surface area contributed by atoms with Crippen molar-refractivity contribution in [3.63, 3.8) is 0 Å². The van der Waals surface area contributed by atoms with Crippen LogP contribution in [0.5, 0.6) is 5.75 Å². The summed E-state index contributed by atoms with van der Waals surface area (Å²) in [5.41, 5.74) is 1.09. The fraction of sp³-hybridized carbons (Fsp3) is 0.400. The number of benzene rings is 1. The van der Waals surface area contributed by atoms with E-state index in [1.54, 1.807) is 18.3 Å². The Balaban J connectivity index is 1.75. The molecule has 0 saturated heterocycles. The average Bonchev–Trinajstić information content (AvgIpc) is 3.16. The van der Waals surface area contributed by atoms with Crippen LogP contribution in [0.1, 0.15) is 18.7 Å². The van der Waals surface area contributed by atoms with Gasteiger partial charge in [-0.3, -0.25) is 0 Å². The number of hydrogen-bond donors (Lipinski definition) is 2. The first-order valence-electron chi connectivity index (χ1n) is 6.88. The van der Waals surface area contributed by atoms with E-state index in [-0.39, 0.29) is 5.82 Å². The van der Waals surface area contributed by atoms with Crippen molar-refractivity contribution in [1.29, 1.82) is 0 Å². The summed E-state index contributed by atoms with van der Waals surface area (Å²) in [6.45, 7) is 0.895. The lowest BCUT2D eigenvalue weighted by molar-refractivity contribution is 0.413. The van der Waals surface area contributed by atoms with E-state index in [0.29, 0.717) is 23.0 Å². The van der Waals surface area contributed by atoms with E-state index in [0.717, 1.165) is 18.8 Å². The molecule has 1 aromatic carbocycles. The van der Waals surface area contributed by atoms with E-state index in [4.69, 9.17) is 4.74 Å². The Morgan fingerprint density at radius 3 is 3.05 bits per heavy atom. The Kier molecular flexibility index (Phi) is 3.69. The lowest BCUT2D eigenvalue weighted by Crippen LogP contribution is -2.19. The molecule has 1 heterocycles. The van der Waals surface area contributed by atoms with Gasteiger partial charge in [-0.2, -0.15) is 0 Å². The van der Waals surface area contributed by atoms with Gasteiger partial charge in [0.05, 0.1) is 24.6 Å². The van der Waals surface area contributed by atoms with Crippen LogP contribution in [-0.4, -0.2) is 29.7 Å². The average molecular weight is 275 g/mol. The molecule has 2 N–H and O–H groups in total. The molecule has 3 rings (SSSR count). The lowest BCUT2D eigenvalue weighted by atomic mass is 10.1. The van der Waals surface area contributed by atoms with Crippen LogP contribution < -0.4 is 10.1 Å². The summed E-state index contributed by atoms with van der Waals surface area (Å²) in [5, 5.41) is 3.43. The molecule has 1 aromatic heterocycles. The van der Waals surface area contributed by atoms with Crippen molar-refractivity contribution in [3.05, 3.63) is 36.0 Å². The van der Waals surface area contributed by atoms with Crippen LogP contribution >= 0.6 is 0 Å². The molecule has 2 aromatic rings. The molecule has 4 nitrogen and oxygen atoms in total. The van der Waals surface area contributed by atoms with Crippen molar-refractivity contribution < 1.29 is 9.13 Å². The van der Waals surface area contributed by atoms with Crippen LogP contribution in [0.4, 0.5) is 4.39 Å². The lowest BCUT2D eigenvalue weighted by Gasteiger charge is -2.07. The second-order valence-corrected chi connectivity index (χ2v) is 5.04. The minimum absolute atomic E-state index is 0.310. The number of aromatic nitrogens is 2. The maximum atomic E-state index is 14.0. The Morgan fingerprint density at radius 1 is 1.45 bits per heavy atom. The Bertz CT molecular complexity index is 593. The van der Waals surface area contributed by atoms with Crippen LogP contribution in [0, 0.1) is 5.82 Å². The van der Waals surface area contributed by atoms with Crippen molar-refractivity contribution in [2.75, 3.05) is 13.7 Å². The number of ether oxygens (including phenoxy) is 1. The van der Waals surface area contributed by atoms with Gasteiger partial charge in [-0.15, -0.1) is 0 Å². The Morgan fingerprint density at radius 2 is 2.30 bits per heavy atom. The van der Waals surface area contributed by atoms with Crippen LogP contribution in [0.2, 0.25) is 0 Å². The fourth-order valence-corrected chi connectivity index (χ4v) is 2.23. The Labute approximate surface area is 117 Å². The van der Waals surface area contributed by atoms with Crippen LogP contribution in [0.25, 0.3) is 11.3 Å². The monoisotopic (exact) mass is 275 g/mol. The van der Waals surface area contributed by atoms with Gasteiger partial charge >= 0.3 is 0 Å². The first-order chi connectivity index (χ1) is 9.78. The molecule has 0 radical (unpaired) electrons. The summed E-state index contributed by atoms with van der Waals surface area (Å²) in [6.07, 6.45) is 5.02. The smallest absolute Gasteiger partial charge is 0.136 e. The van der Waals surface area contributed by atoms with Crippen LogP contribution in [-0.2, 0) is 6.42 Å². The molecule has 1 aliphatic carbocycles. The Hall–Kier alpha value is -1.88. The highest BCUT2D eigenvalue weighted by atomic mass is 19.1. The van der Waals surface area contributed by atoms with Gasteiger partial charge in [0.15, 0.2) is 0 Å². The van der Waals surface area contributed by atoms with Gasteiger partial charge in [-0.05, 0) is 25.0 Å². The van der Waals surface area contributed by atoms with Crippen LogP contribution in [0.3, 0.4) is 0 Å². The summed E-state index contributed by atoms with van der Waals surface area (Å²) < 4.78 is 19.2. The summed E-state index contributed by atoms with van der Waals surface area (Å²) >= 11 is 0. The van der Waals surface area contributed by atoms with Crippen molar-refractivity contribution in [2.24, 2.45) is 0 Å².